The predicted molar refractivity (Wildman–Crippen MR) is 90.3 cm³/mol. The minimum atomic E-state index is -0.829. The lowest BCUT2D eigenvalue weighted by Gasteiger charge is -2.36. The lowest BCUT2D eigenvalue weighted by atomic mass is 9.80. The number of nitrogens with one attached hydrogen (secondary N) is 1. The molecule has 1 unspecified atom stereocenters. The van der Waals surface area contributed by atoms with Gasteiger partial charge in [0.25, 0.3) is 0 Å². The number of Topliss-reactive ketones (excluding diaryl/α,β-unsaturated/α-hetero) is 1. The molecule has 0 saturated carbocycles. The number of aryl methyl sites for hydroxylation is 1. The molecule has 1 N–H and O–H groups in total. The third-order valence-electron chi connectivity index (χ3n) is 4.78. The van der Waals surface area contributed by atoms with Crippen LogP contribution in [0.5, 0.6) is 0 Å². The lowest BCUT2D eigenvalue weighted by molar-refractivity contribution is -0.157. The van der Waals surface area contributed by atoms with E-state index in [-0.39, 0.29) is 11.7 Å². The largest absolute Gasteiger partial charge is 0.343 e. The molecule has 5 nitrogen and oxygen atoms in total. The summed E-state index contributed by atoms with van der Waals surface area (Å²) in [6, 6.07) is 3.60. The molecule has 7 heteroatoms. The van der Waals surface area contributed by atoms with Gasteiger partial charge < -0.3 is 10.2 Å². The Hall–Kier alpha value is -0.950. The van der Waals surface area contributed by atoms with Crippen molar-refractivity contribution in [1.29, 1.82) is 0 Å². The molecule has 1 spiro atoms. The first-order valence-electron chi connectivity index (χ1n) is 7.49. The Morgan fingerprint density at radius 3 is 2.57 bits per heavy atom. The van der Waals surface area contributed by atoms with E-state index in [1.807, 2.05) is 13.0 Å². The Morgan fingerprint density at radius 1 is 1.35 bits per heavy atom. The highest BCUT2D eigenvalue weighted by Gasteiger charge is 2.54. The molecule has 1 aromatic rings. The Morgan fingerprint density at radius 2 is 2.00 bits per heavy atom. The van der Waals surface area contributed by atoms with Crippen LogP contribution in [0.3, 0.4) is 0 Å². The van der Waals surface area contributed by atoms with Gasteiger partial charge in [-0.25, -0.2) is 0 Å². The summed E-state index contributed by atoms with van der Waals surface area (Å²) in [5, 5.41) is 5.18. The summed E-state index contributed by atoms with van der Waals surface area (Å²) in [7, 11) is 1.61. The highest BCUT2D eigenvalue weighted by atomic mass is 79.9. The van der Waals surface area contributed by atoms with E-state index in [1.165, 1.54) is 0 Å². The summed E-state index contributed by atoms with van der Waals surface area (Å²) in [4.78, 5) is 30.8. The molecule has 2 aliphatic heterocycles. The van der Waals surface area contributed by atoms with E-state index in [0.29, 0.717) is 36.5 Å². The van der Waals surface area contributed by atoms with Gasteiger partial charge in [0.05, 0.1) is 7.11 Å². The van der Waals surface area contributed by atoms with Crippen LogP contribution in [0.2, 0.25) is 5.02 Å². The van der Waals surface area contributed by atoms with E-state index in [4.69, 9.17) is 16.4 Å². The van der Waals surface area contributed by atoms with E-state index in [1.54, 1.807) is 18.2 Å². The molecule has 2 aliphatic rings. The van der Waals surface area contributed by atoms with Crippen LogP contribution >= 0.6 is 27.5 Å². The topological polar surface area (TPSA) is 58.6 Å². The molecule has 23 heavy (non-hydrogen) atoms. The normalized spacial score (nSPS) is 24.3. The minimum absolute atomic E-state index is 0.0782. The van der Waals surface area contributed by atoms with Crippen molar-refractivity contribution in [2.75, 3.05) is 20.2 Å². The monoisotopic (exact) mass is 400 g/mol. The van der Waals surface area contributed by atoms with Gasteiger partial charge in [-0.1, -0.05) is 27.5 Å². The molecule has 124 valence electrons. The summed E-state index contributed by atoms with van der Waals surface area (Å²) in [6.45, 7) is 3.09. The molecule has 3 rings (SSSR count). The van der Waals surface area contributed by atoms with Crippen molar-refractivity contribution in [2.24, 2.45) is 0 Å². The SMILES string of the molecule is CON1CCC2(CC1)NC(=O)C(c1c(C)cc(Br)cc1Cl)C2=O. The Kier molecular flexibility index (Phi) is 4.53. The van der Waals surface area contributed by atoms with Gasteiger partial charge in [-0.2, -0.15) is 5.06 Å². The quantitative estimate of drug-likeness (QED) is 0.774. The molecule has 0 bridgehead atoms. The third-order valence-corrected chi connectivity index (χ3v) is 5.55. The Bertz CT molecular complexity index is 648. The fraction of sp³-hybridized carbons (Fsp3) is 0.500. The first kappa shape index (κ1) is 16.9. The van der Waals surface area contributed by atoms with E-state index < -0.39 is 11.5 Å². The average molecular weight is 402 g/mol. The number of hydrogen-bond donors (Lipinski definition) is 1. The maximum Gasteiger partial charge on any atom is 0.236 e. The highest BCUT2D eigenvalue weighted by Crippen LogP contribution is 2.40. The Labute approximate surface area is 148 Å². The maximum absolute atomic E-state index is 13.1. The van der Waals surface area contributed by atoms with E-state index in [0.717, 1.165) is 10.0 Å². The number of carbonyl (C=O) groups excluding carboxylic acids is 2. The number of rotatable bonds is 2. The van der Waals surface area contributed by atoms with Crippen molar-refractivity contribution in [3.05, 3.63) is 32.8 Å². The first-order valence-corrected chi connectivity index (χ1v) is 8.66. The van der Waals surface area contributed by atoms with Crippen molar-refractivity contribution < 1.29 is 14.4 Å². The zero-order chi connectivity index (χ0) is 16.8. The van der Waals surface area contributed by atoms with Crippen LogP contribution < -0.4 is 5.32 Å². The summed E-state index contributed by atoms with van der Waals surface area (Å²) in [5.41, 5.74) is 0.660. The van der Waals surface area contributed by atoms with E-state index >= 15 is 0 Å². The van der Waals surface area contributed by atoms with Crippen LogP contribution in [0.1, 0.15) is 29.9 Å². The van der Waals surface area contributed by atoms with Gasteiger partial charge in [0.15, 0.2) is 5.78 Å². The second-order valence-corrected chi connectivity index (χ2v) is 7.42. The van der Waals surface area contributed by atoms with Crippen molar-refractivity contribution in [3.8, 4) is 0 Å². The first-order chi connectivity index (χ1) is 10.9. The van der Waals surface area contributed by atoms with E-state index in [2.05, 4.69) is 21.2 Å². The van der Waals surface area contributed by atoms with Gasteiger partial charge in [0.2, 0.25) is 5.91 Å². The minimum Gasteiger partial charge on any atom is -0.343 e. The zero-order valence-electron chi connectivity index (χ0n) is 13.0. The highest BCUT2D eigenvalue weighted by molar-refractivity contribution is 9.10. The van der Waals surface area contributed by atoms with Crippen molar-refractivity contribution in [3.63, 3.8) is 0 Å². The average Bonchev–Trinajstić information content (AvgIpc) is 2.72. The Balaban J connectivity index is 1.94. The van der Waals surface area contributed by atoms with Gasteiger partial charge in [0.1, 0.15) is 11.5 Å². The smallest absolute Gasteiger partial charge is 0.236 e. The van der Waals surface area contributed by atoms with Crippen LogP contribution in [-0.4, -0.2) is 42.5 Å². The second kappa shape index (κ2) is 6.16. The van der Waals surface area contributed by atoms with Gasteiger partial charge in [0, 0.05) is 22.6 Å². The fourth-order valence-corrected chi connectivity index (χ4v) is 4.61. The molecule has 2 fully saturated rings. The fourth-order valence-electron chi connectivity index (χ4n) is 3.53. The summed E-state index contributed by atoms with van der Waals surface area (Å²) in [5.74, 6) is -1.16. The number of ketones is 1. The van der Waals surface area contributed by atoms with Crippen LogP contribution in [-0.2, 0) is 14.4 Å². The standard InChI is InChI=1S/C16H18BrClN2O3/c1-9-7-10(17)8-11(18)12(9)13-14(21)16(19-15(13)22)3-5-20(23-2)6-4-16/h7-8,13H,3-6H2,1-2H3,(H,19,22). The number of carbonyl (C=O) groups is 2. The molecule has 0 radical (unpaired) electrons. The molecule has 0 aliphatic carbocycles. The number of halogens is 2. The van der Waals surface area contributed by atoms with Crippen molar-refractivity contribution in [1.82, 2.24) is 10.4 Å². The third kappa shape index (κ3) is 2.82. The molecular formula is C16H18BrClN2O3. The van der Waals surface area contributed by atoms with Gasteiger partial charge in [-0.05, 0) is 43.0 Å². The molecule has 1 amide bonds. The molecule has 1 aromatic carbocycles. The van der Waals surface area contributed by atoms with Gasteiger partial charge >= 0.3 is 0 Å². The lowest BCUT2D eigenvalue weighted by Crippen LogP contribution is -2.54. The summed E-state index contributed by atoms with van der Waals surface area (Å²) < 4.78 is 0.831. The predicted octanol–water partition coefficient (Wildman–Crippen LogP) is 2.59. The molecule has 0 aromatic heterocycles. The molecule has 2 heterocycles. The molecule has 2 saturated heterocycles. The number of benzene rings is 1. The number of hydrogen-bond acceptors (Lipinski definition) is 4. The zero-order valence-corrected chi connectivity index (χ0v) is 15.3. The van der Waals surface area contributed by atoms with E-state index in [9.17, 15) is 9.59 Å². The maximum atomic E-state index is 13.1. The molecular weight excluding hydrogens is 384 g/mol. The van der Waals surface area contributed by atoms with Crippen LogP contribution in [0.15, 0.2) is 16.6 Å². The summed E-state index contributed by atoms with van der Waals surface area (Å²) in [6.07, 6.45) is 1.10. The van der Waals surface area contributed by atoms with Gasteiger partial charge in [-0.15, -0.1) is 0 Å². The number of piperidine rings is 1. The second-order valence-electron chi connectivity index (χ2n) is 6.10. The number of amides is 1. The van der Waals surface area contributed by atoms with Crippen molar-refractivity contribution >= 4 is 39.2 Å². The summed E-state index contributed by atoms with van der Waals surface area (Å²) >= 11 is 9.71. The van der Waals surface area contributed by atoms with Crippen molar-refractivity contribution in [2.45, 2.75) is 31.2 Å². The number of nitrogens with zero attached hydrogens (tertiary/aromatic N) is 1. The molecule has 1 atom stereocenters. The van der Waals surface area contributed by atoms with Crippen LogP contribution in [0.25, 0.3) is 0 Å². The number of hydroxylamine groups is 2. The van der Waals surface area contributed by atoms with Crippen LogP contribution in [0.4, 0.5) is 0 Å². The van der Waals surface area contributed by atoms with Gasteiger partial charge in [-0.3, -0.25) is 9.59 Å². The van der Waals surface area contributed by atoms with Crippen LogP contribution in [0, 0.1) is 6.92 Å².